The maximum absolute atomic E-state index is 13.3. The Morgan fingerprint density at radius 1 is 1.27 bits per heavy atom. The van der Waals surface area contributed by atoms with Gasteiger partial charge in [0.2, 0.25) is 0 Å². The molecule has 2 aromatic heterocycles. The molecule has 1 atom stereocenters. The molecule has 0 fully saturated rings. The van der Waals surface area contributed by atoms with Gasteiger partial charge in [0.05, 0.1) is 29.0 Å². The van der Waals surface area contributed by atoms with Crippen LogP contribution in [0.25, 0.3) is 22.3 Å². The zero-order valence-electron chi connectivity index (χ0n) is 16.5. The average molecular weight is 404 g/mol. The zero-order valence-corrected chi connectivity index (χ0v) is 16.5. The molecule has 5 rings (SSSR count). The van der Waals surface area contributed by atoms with E-state index in [1.165, 1.54) is 0 Å². The monoisotopic (exact) mass is 404 g/mol. The van der Waals surface area contributed by atoms with E-state index in [4.69, 9.17) is 9.72 Å². The van der Waals surface area contributed by atoms with Crippen LogP contribution in [0.5, 0.6) is 0 Å². The molecule has 0 spiro atoms. The van der Waals surface area contributed by atoms with Crippen molar-refractivity contribution in [3.63, 3.8) is 0 Å². The van der Waals surface area contributed by atoms with E-state index in [1.807, 2.05) is 24.3 Å². The summed E-state index contributed by atoms with van der Waals surface area (Å²) in [5, 5.41) is 11.9. The first-order valence-electron chi connectivity index (χ1n) is 10.0. The summed E-state index contributed by atoms with van der Waals surface area (Å²) in [6.07, 6.45) is 1.92. The number of rotatable bonds is 4. The molecule has 0 aliphatic carbocycles. The first kappa shape index (κ1) is 18.7. The maximum Gasteiger partial charge on any atom is 0.343 e. The van der Waals surface area contributed by atoms with Gasteiger partial charge in [-0.05, 0) is 30.5 Å². The van der Waals surface area contributed by atoms with Crippen molar-refractivity contribution in [2.45, 2.75) is 44.9 Å². The number of cyclic esters (lactones) is 1. The SMILES string of the molecule is CC[C@@]1(O)C(=O)OCc2c1cc1n(c2=O)Cc2c-1nc1ccccc1c2CCC=O. The largest absolute Gasteiger partial charge is 0.458 e. The van der Waals surface area contributed by atoms with Crippen LogP contribution in [-0.2, 0) is 39.5 Å². The van der Waals surface area contributed by atoms with Crippen molar-refractivity contribution in [1.29, 1.82) is 0 Å². The van der Waals surface area contributed by atoms with E-state index in [0.29, 0.717) is 41.9 Å². The van der Waals surface area contributed by atoms with Crippen molar-refractivity contribution in [1.82, 2.24) is 9.55 Å². The second-order valence-electron chi connectivity index (χ2n) is 7.74. The highest BCUT2D eigenvalue weighted by Gasteiger charge is 2.45. The van der Waals surface area contributed by atoms with E-state index >= 15 is 0 Å². The summed E-state index contributed by atoms with van der Waals surface area (Å²) in [7, 11) is 0. The van der Waals surface area contributed by atoms with Gasteiger partial charge >= 0.3 is 5.97 Å². The van der Waals surface area contributed by atoms with E-state index in [9.17, 15) is 19.5 Å². The molecule has 30 heavy (non-hydrogen) atoms. The molecule has 7 nitrogen and oxygen atoms in total. The molecule has 3 aromatic rings. The van der Waals surface area contributed by atoms with Gasteiger partial charge in [-0.2, -0.15) is 0 Å². The van der Waals surface area contributed by atoms with Crippen molar-refractivity contribution >= 4 is 23.2 Å². The van der Waals surface area contributed by atoms with E-state index < -0.39 is 11.6 Å². The number of carbonyl (C=O) groups excluding carboxylic acids is 2. The number of aromatic nitrogens is 2. The van der Waals surface area contributed by atoms with Crippen molar-refractivity contribution in [2.75, 3.05) is 0 Å². The molecule has 0 unspecified atom stereocenters. The van der Waals surface area contributed by atoms with Crippen LogP contribution in [0.4, 0.5) is 0 Å². The number of nitrogens with zero attached hydrogens (tertiary/aromatic N) is 2. The van der Waals surface area contributed by atoms with Gasteiger partial charge in [0, 0.05) is 22.9 Å². The lowest BCUT2D eigenvalue weighted by Gasteiger charge is -2.31. The predicted octanol–water partition coefficient (Wildman–Crippen LogP) is 2.21. The normalized spacial score (nSPS) is 19.2. The minimum atomic E-state index is -1.84. The topological polar surface area (TPSA) is 98.5 Å². The number of hydrogen-bond donors (Lipinski definition) is 1. The van der Waals surface area contributed by atoms with Crippen molar-refractivity contribution < 1.29 is 19.4 Å². The summed E-state index contributed by atoms with van der Waals surface area (Å²) in [4.78, 5) is 41.4. The van der Waals surface area contributed by atoms with Gasteiger partial charge in [-0.1, -0.05) is 25.1 Å². The quantitative estimate of drug-likeness (QED) is 0.414. The Hall–Kier alpha value is -3.32. The molecule has 152 valence electrons. The highest BCUT2D eigenvalue weighted by atomic mass is 16.6. The van der Waals surface area contributed by atoms with E-state index in [2.05, 4.69) is 0 Å². The minimum Gasteiger partial charge on any atom is -0.458 e. The van der Waals surface area contributed by atoms with Crippen LogP contribution in [0.15, 0.2) is 35.1 Å². The highest BCUT2D eigenvalue weighted by Crippen LogP contribution is 2.40. The molecule has 1 N–H and O–H groups in total. The van der Waals surface area contributed by atoms with Crippen molar-refractivity contribution in [2.24, 2.45) is 0 Å². The predicted molar refractivity (Wildman–Crippen MR) is 109 cm³/mol. The number of carbonyl (C=O) groups is 2. The van der Waals surface area contributed by atoms with Gasteiger partial charge in [0.1, 0.15) is 12.9 Å². The number of aryl methyl sites for hydroxylation is 1. The van der Waals surface area contributed by atoms with Crippen LogP contribution >= 0.6 is 0 Å². The Balaban J connectivity index is 1.81. The molecule has 0 saturated carbocycles. The summed E-state index contributed by atoms with van der Waals surface area (Å²) in [6.45, 7) is 1.86. The first-order chi connectivity index (χ1) is 14.5. The third-order valence-corrected chi connectivity index (χ3v) is 6.23. The Morgan fingerprint density at radius 3 is 2.83 bits per heavy atom. The standard InChI is InChI=1S/C23H20N2O5/c1-2-23(29)17-10-19-20-15(11-25(19)21(27)16(17)12-30-22(23)28)13(7-5-9-26)14-6-3-4-8-18(14)24-20/h3-4,6,8-10,29H,2,5,7,11-12H2,1H3/t23-/m0/s1. The number of aliphatic hydroxyl groups is 1. The summed E-state index contributed by atoms with van der Waals surface area (Å²) in [5.41, 5.74) is 2.39. The third-order valence-electron chi connectivity index (χ3n) is 6.23. The van der Waals surface area contributed by atoms with Gasteiger partial charge in [-0.3, -0.25) is 4.79 Å². The van der Waals surface area contributed by atoms with Crippen LogP contribution in [0.2, 0.25) is 0 Å². The van der Waals surface area contributed by atoms with Crippen LogP contribution in [0.3, 0.4) is 0 Å². The molecule has 4 heterocycles. The van der Waals surface area contributed by atoms with Gasteiger partial charge < -0.3 is 19.2 Å². The number of fused-ring (bicyclic) bond motifs is 5. The number of para-hydroxylation sites is 1. The Labute approximate surface area is 171 Å². The van der Waals surface area contributed by atoms with Crippen LogP contribution < -0.4 is 5.56 Å². The molecule has 0 radical (unpaired) electrons. The summed E-state index contributed by atoms with van der Waals surface area (Å²) in [5.74, 6) is -0.738. The molecule has 0 saturated heterocycles. The minimum absolute atomic E-state index is 0.102. The number of aldehydes is 1. The van der Waals surface area contributed by atoms with Gasteiger partial charge in [-0.15, -0.1) is 0 Å². The second kappa shape index (κ2) is 6.60. The highest BCUT2D eigenvalue weighted by molar-refractivity contribution is 5.89. The molecule has 0 bridgehead atoms. The van der Waals surface area contributed by atoms with E-state index in [1.54, 1.807) is 17.6 Å². The van der Waals surface area contributed by atoms with Crippen molar-refractivity contribution in [3.8, 4) is 11.4 Å². The van der Waals surface area contributed by atoms with Crippen molar-refractivity contribution in [3.05, 3.63) is 62.9 Å². The third kappa shape index (κ3) is 2.42. The Morgan fingerprint density at radius 2 is 2.07 bits per heavy atom. The molecule has 1 aromatic carbocycles. The number of benzene rings is 1. The number of ether oxygens (including phenoxy) is 1. The Bertz CT molecular complexity index is 1290. The number of hydrogen-bond acceptors (Lipinski definition) is 6. The van der Waals surface area contributed by atoms with E-state index in [0.717, 1.165) is 28.3 Å². The van der Waals surface area contributed by atoms with Crippen LogP contribution in [-0.4, -0.2) is 26.9 Å². The second-order valence-corrected chi connectivity index (χ2v) is 7.74. The zero-order chi connectivity index (χ0) is 21.0. The molecule has 0 amide bonds. The lowest BCUT2D eigenvalue weighted by Crippen LogP contribution is -2.44. The number of pyridine rings is 2. The Kier molecular flexibility index (Phi) is 4.11. The first-order valence-corrected chi connectivity index (χ1v) is 10.0. The smallest absolute Gasteiger partial charge is 0.343 e. The van der Waals surface area contributed by atoms with Crippen LogP contribution in [0.1, 0.15) is 42.0 Å². The fourth-order valence-corrected chi connectivity index (χ4v) is 4.60. The summed E-state index contributed by atoms with van der Waals surface area (Å²) in [6, 6.07) is 9.41. The van der Waals surface area contributed by atoms with Gasteiger partial charge in [-0.25, -0.2) is 9.78 Å². The van der Waals surface area contributed by atoms with Crippen LogP contribution in [0, 0.1) is 0 Å². The lowest BCUT2D eigenvalue weighted by atomic mass is 9.86. The fourth-order valence-electron chi connectivity index (χ4n) is 4.60. The average Bonchev–Trinajstić information content (AvgIpc) is 3.13. The molecular weight excluding hydrogens is 384 g/mol. The lowest BCUT2D eigenvalue weighted by molar-refractivity contribution is -0.172. The molecule has 2 aliphatic rings. The number of esters is 1. The summed E-state index contributed by atoms with van der Waals surface area (Å²) < 4.78 is 6.73. The molecular formula is C23H20N2O5. The fraction of sp³-hybridized carbons (Fsp3) is 0.304. The molecule has 7 heteroatoms. The van der Waals surface area contributed by atoms with Gasteiger partial charge in [0.15, 0.2) is 5.60 Å². The van der Waals surface area contributed by atoms with E-state index in [-0.39, 0.29) is 18.6 Å². The van der Waals surface area contributed by atoms with Gasteiger partial charge in [0.25, 0.3) is 5.56 Å². The molecule has 2 aliphatic heterocycles. The summed E-state index contributed by atoms with van der Waals surface area (Å²) >= 11 is 0. The maximum atomic E-state index is 13.3.